The summed E-state index contributed by atoms with van der Waals surface area (Å²) >= 11 is 0. The average Bonchev–Trinajstić information content (AvgIpc) is 3.12. The van der Waals surface area contributed by atoms with Crippen molar-refractivity contribution in [2.45, 2.75) is 38.1 Å². The van der Waals surface area contributed by atoms with E-state index in [2.05, 4.69) is 6.07 Å². The predicted octanol–water partition coefficient (Wildman–Crippen LogP) is 1.83. The van der Waals surface area contributed by atoms with Gasteiger partial charge in [0, 0.05) is 0 Å². The molecule has 20 heavy (non-hydrogen) atoms. The molecule has 1 aromatic rings. The molecule has 0 amide bonds. The number of nitrogens with zero attached hydrogens (tertiary/aromatic N) is 1. The third-order valence-electron chi connectivity index (χ3n) is 3.94. The van der Waals surface area contributed by atoms with E-state index in [1.165, 1.54) is 6.92 Å². The van der Waals surface area contributed by atoms with E-state index in [0.29, 0.717) is 17.1 Å². The second-order valence-corrected chi connectivity index (χ2v) is 5.24. The molecule has 1 aliphatic carbocycles. The van der Waals surface area contributed by atoms with Crippen LogP contribution in [0.25, 0.3) is 0 Å². The molecule has 5 heteroatoms. The van der Waals surface area contributed by atoms with Gasteiger partial charge in [-0.1, -0.05) is 0 Å². The van der Waals surface area contributed by atoms with Crippen LogP contribution in [0.2, 0.25) is 6.82 Å². The third kappa shape index (κ3) is 1.75. The molecule has 0 aromatic heterocycles. The number of fused-ring (bicyclic) bond motifs is 2. The molecule has 1 aromatic carbocycles. The van der Waals surface area contributed by atoms with Crippen molar-refractivity contribution in [2.75, 3.05) is 0 Å². The Bertz CT molecular complexity index is 656. The normalized spacial score (nSPS) is 20.9. The molecule has 1 heterocycles. The summed E-state index contributed by atoms with van der Waals surface area (Å²) in [7, 11) is 0. The van der Waals surface area contributed by atoms with Crippen LogP contribution in [0, 0.1) is 11.3 Å². The van der Waals surface area contributed by atoms with Gasteiger partial charge in [0.25, 0.3) is 0 Å². The summed E-state index contributed by atoms with van der Waals surface area (Å²) in [6.45, 7) is 5.28. The van der Waals surface area contributed by atoms with Gasteiger partial charge in [0.15, 0.2) is 0 Å². The Morgan fingerprint density at radius 3 is 2.90 bits per heavy atom. The molecule has 0 bridgehead atoms. The minimum absolute atomic E-state index is 0.0775. The number of esters is 1. The SMILES string of the molecule is CB=CC1Oc2c(C#N)ccc(OC(C)=O)c2C12CC2. The maximum absolute atomic E-state index is 11.3. The molecule has 1 aliphatic heterocycles. The summed E-state index contributed by atoms with van der Waals surface area (Å²) in [4.78, 5) is 11.3. The number of hydrogen-bond donors (Lipinski definition) is 0. The van der Waals surface area contributed by atoms with Crippen LogP contribution in [0.4, 0.5) is 0 Å². The molecule has 0 N–H and O–H groups in total. The van der Waals surface area contributed by atoms with E-state index in [4.69, 9.17) is 9.47 Å². The maximum atomic E-state index is 11.3. The number of hydrogen-bond acceptors (Lipinski definition) is 4. The summed E-state index contributed by atoms with van der Waals surface area (Å²) in [6.07, 6.45) is 1.89. The fraction of sp³-hybridized carbons (Fsp3) is 0.400. The van der Waals surface area contributed by atoms with Gasteiger partial charge in [-0.15, -0.1) is 0 Å². The molecule has 1 spiro atoms. The molecule has 1 fully saturated rings. The summed E-state index contributed by atoms with van der Waals surface area (Å²) in [5.74, 6) is 2.75. The Balaban J connectivity index is 2.16. The van der Waals surface area contributed by atoms with Gasteiger partial charge in [0.1, 0.15) is 0 Å². The number of ether oxygens (including phenoxy) is 2. The van der Waals surface area contributed by atoms with E-state index in [1.807, 2.05) is 19.7 Å². The zero-order valence-electron chi connectivity index (χ0n) is 11.5. The van der Waals surface area contributed by atoms with Crippen LogP contribution >= 0.6 is 0 Å². The first kappa shape index (κ1) is 12.9. The Morgan fingerprint density at radius 1 is 1.60 bits per heavy atom. The Kier molecular flexibility index (Phi) is 2.90. The van der Waals surface area contributed by atoms with Gasteiger partial charge >= 0.3 is 117 Å². The van der Waals surface area contributed by atoms with Crippen LogP contribution in [0.15, 0.2) is 12.1 Å². The van der Waals surface area contributed by atoms with Gasteiger partial charge in [0.2, 0.25) is 0 Å². The van der Waals surface area contributed by atoms with Crippen molar-refractivity contribution in [1.82, 2.24) is 0 Å². The Hall–Kier alpha value is -2.09. The zero-order chi connectivity index (χ0) is 14.3. The van der Waals surface area contributed by atoms with Gasteiger partial charge in [-0.2, -0.15) is 0 Å². The van der Waals surface area contributed by atoms with Gasteiger partial charge in [-0.3, -0.25) is 0 Å². The molecule has 0 radical (unpaired) electrons. The fourth-order valence-corrected chi connectivity index (χ4v) is 2.94. The minimum atomic E-state index is -0.359. The molecule has 1 saturated carbocycles. The van der Waals surface area contributed by atoms with E-state index in [-0.39, 0.29) is 17.5 Å². The fourth-order valence-electron chi connectivity index (χ4n) is 2.94. The number of nitriles is 1. The summed E-state index contributed by atoms with van der Waals surface area (Å²) < 4.78 is 11.3. The number of rotatable bonds is 2. The molecule has 2 aliphatic rings. The average molecular weight is 267 g/mol. The second-order valence-electron chi connectivity index (χ2n) is 5.24. The van der Waals surface area contributed by atoms with Gasteiger partial charge in [0.05, 0.1) is 0 Å². The standard InChI is InChI=1S/C15H14BNO3/c1-9(18)19-11-4-3-10(8-17)14-13(11)15(5-6-15)12(20-14)7-16-2/h3-4,7,12H,5-6H2,1-2H3. The first-order valence-corrected chi connectivity index (χ1v) is 6.68. The summed E-state index contributed by atoms with van der Waals surface area (Å²) in [6, 6.07) is 5.49. The number of benzene rings is 1. The van der Waals surface area contributed by atoms with E-state index >= 15 is 0 Å². The van der Waals surface area contributed by atoms with Crippen molar-refractivity contribution in [1.29, 1.82) is 5.26 Å². The zero-order valence-corrected chi connectivity index (χ0v) is 11.5. The van der Waals surface area contributed by atoms with Crippen molar-refractivity contribution >= 4 is 18.9 Å². The first-order valence-electron chi connectivity index (χ1n) is 6.68. The van der Waals surface area contributed by atoms with Gasteiger partial charge < -0.3 is 0 Å². The molecule has 0 saturated heterocycles. The van der Waals surface area contributed by atoms with Crippen LogP contribution in [-0.4, -0.2) is 25.0 Å². The molecular formula is C15H14BNO3. The third-order valence-corrected chi connectivity index (χ3v) is 3.94. The van der Waals surface area contributed by atoms with E-state index in [9.17, 15) is 10.1 Å². The second kappa shape index (κ2) is 4.48. The van der Waals surface area contributed by atoms with Crippen molar-refractivity contribution in [3.05, 3.63) is 23.3 Å². The molecule has 1 atom stereocenters. The Morgan fingerprint density at radius 2 is 2.35 bits per heavy atom. The first-order chi connectivity index (χ1) is 9.62. The van der Waals surface area contributed by atoms with Gasteiger partial charge in [-0.25, -0.2) is 0 Å². The molecule has 4 nitrogen and oxygen atoms in total. The molecular weight excluding hydrogens is 253 g/mol. The van der Waals surface area contributed by atoms with Crippen LogP contribution in [-0.2, 0) is 10.2 Å². The molecule has 3 rings (SSSR count). The van der Waals surface area contributed by atoms with Crippen LogP contribution < -0.4 is 9.47 Å². The monoisotopic (exact) mass is 267 g/mol. The topological polar surface area (TPSA) is 59.3 Å². The molecule has 100 valence electrons. The number of carbonyl (C=O) groups is 1. The van der Waals surface area contributed by atoms with Gasteiger partial charge in [-0.05, 0) is 0 Å². The quantitative estimate of drug-likeness (QED) is 0.466. The summed E-state index contributed by atoms with van der Waals surface area (Å²) in [5, 5.41) is 9.23. The van der Waals surface area contributed by atoms with Crippen LogP contribution in [0.3, 0.4) is 0 Å². The van der Waals surface area contributed by atoms with Crippen molar-refractivity contribution in [3.63, 3.8) is 0 Å². The van der Waals surface area contributed by atoms with Crippen LogP contribution in [0.5, 0.6) is 11.5 Å². The number of carbonyl (C=O) groups excluding carboxylic acids is 1. The van der Waals surface area contributed by atoms with Crippen molar-refractivity contribution < 1.29 is 14.3 Å². The van der Waals surface area contributed by atoms with Crippen molar-refractivity contribution in [3.8, 4) is 17.6 Å². The van der Waals surface area contributed by atoms with E-state index < -0.39 is 0 Å². The molecule has 1 unspecified atom stereocenters. The summed E-state index contributed by atoms with van der Waals surface area (Å²) in [5.41, 5.74) is 1.25. The van der Waals surface area contributed by atoms with Crippen molar-refractivity contribution in [2.24, 2.45) is 0 Å². The van der Waals surface area contributed by atoms with E-state index in [1.54, 1.807) is 12.1 Å². The predicted molar refractivity (Wildman–Crippen MR) is 75.5 cm³/mol. The van der Waals surface area contributed by atoms with Crippen LogP contribution in [0.1, 0.15) is 30.9 Å². The Labute approximate surface area is 118 Å². The van der Waals surface area contributed by atoms with E-state index in [0.717, 1.165) is 18.4 Å².